The minimum atomic E-state index is -0.831. The quantitative estimate of drug-likeness (QED) is 0.333. The highest BCUT2D eigenvalue weighted by atomic mass is 19.1. The van der Waals surface area contributed by atoms with Crippen LogP contribution in [0, 0.1) is 17.5 Å². The molecule has 0 spiro atoms. The van der Waals surface area contributed by atoms with E-state index in [4.69, 9.17) is 11.5 Å². The number of halogens is 3. The molecule has 1 heterocycles. The zero-order chi connectivity index (χ0) is 22.1. The number of H-pyrrole nitrogens is 1. The van der Waals surface area contributed by atoms with E-state index in [2.05, 4.69) is 20.8 Å². The van der Waals surface area contributed by atoms with Gasteiger partial charge in [0.2, 0.25) is 0 Å². The van der Waals surface area contributed by atoms with Gasteiger partial charge in [-0.05, 0) is 47.0 Å². The van der Waals surface area contributed by atoms with Crippen LogP contribution in [0.5, 0.6) is 0 Å². The number of hydrogen-bond donors (Lipinski definition) is 5. The first-order valence-electron chi connectivity index (χ1n) is 9.16. The zero-order valence-electron chi connectivity index (χ0n) is 16.0. The molecule has 1 aromatic heterocycles. The fraction of sp³-hybridized carbons (Fsp3) is 0.0476. The molecule has 0 aliphatic heterocycles. The van der Waals surface area contributed by atoms with E-state index in [0.29, 0.717) is 22.1 Å². The fourth-order valence-corrected chi connectivity index (χ4v) is 3.22. The van der Waals surface area contributed by atoms with Crippen molar-refractivity contribution in [2.24, 2.45) is 5.73 Å². The molecule has 0 saturated heterocycles. The van der Waals surface area contributed by atoms with E-state index in [1.807, 2.05) is 0 Å². The number of rotatable bonds is 4. The van der Waals surface area contributed by atoms with Crippen LogP contribution in [0.1, 0.15) is 5.56 Å². The molecule has 0 saturated carbocycles. The van der Waals surface area contributed by atoms with Gasteiger partial charge >= 0.3 is 6.03 Å². The van der Waals surface area contributed by atoms with Crippen molar-refractivity contribution in [2.75, 3.05) is 16.4 Å². The number of aromatic nitrogens is 2. The molecule has 4 aromatic rings. The summed E-state index contributed by atoms with van der Waals surface area (Å²) in [4.78, 5) is 12.2. The largest absolute Gasteiger partial charge is 0.382 e. The number of nitrogens with two attached hydrogens (primary N) is 2. The number of anilines is 3. The second-order valence-electron chi connectivity index (χ2n) is 6.75. The number of nitrogens with one attached hydrogen (secondary N) is 3. The van der Waals surface area contributed by atoms with Crippen LogP contribution >= 0.6 is 0 Å². The van der Waals surface area contributed by atoms with Gasteiger partial charge in [0.15, 0.2) is 5.82 Å². The number of urea groups is 1. The highest BCUT2D eigenvalue weighted by Crippen LogP contribution is 2.34. The number of nitrogens with zero attached hydrogens (tertiary/aromatic N) is 1. The second kappa shape index (κ2) is 8.00. The Balaban J connectivity index is 1.58. The van der Waals surface area contributed by atoms with Gasteiger partial charge in [-0.3, -0.25) is 5.10 Å². The summed E-state index contributed by atoms with van der Waals surface area (Å²) in [5, 5.41) is 11.3. The monoisotopic (exact) mass is 426 g/mol. The van der Waals surface area contributed by atoms with Crippen molar-refractivity contribution in [2.45, 2.75) is 6.54 Å². The third-order valence-corrected chi connectivity index (χ3v) is 4.74. The number of fused-ring (bicyclic) bond motifs is 1. The molecule has 0 bridgehead atoms. The molecule has 0 aliphatic carbocycles. The lowest BCUT2D eigenvalue weighted by Crippen LogP contribution is -2.21. The summed E-state index contributed by atoms with van der Waals surface area (Å²) >= 11 is 0. The average molecular weight is 426 g/mol. The molecule has 31 heavy (non-hydrogen) atoms. The number of benzene rings is 3. The van der Waals surface area contributed by atoms with E-state index >= 15 is 0 Å². The molecule has 4 rings (SSSR count). The van der Waals surface area contributed by atoms with Gasteiger partial charge in [-0.25, -0.2) is 18.0 Å². The summed E-state index contributed by atoms with van der Waals surface area (Å²) in [6.07, 6.45) is 0. The summed E-state index contributed by atoms with van der Waals surface area (Å²) < 4.78 is 42.5. The molecule has 0 radical (unpaired) electrons. The zero-order valence-corrected chi connectivity index (χ0v) is 16.0. The van der Waals surface area contributed by atoms with E-state index in [9.17, 15) is 18.0 Å². The predicted molar refractivity (Wildman–Crippen MR) is 113 cm³/mol. The Bertz CT molecular complexity index is 1300. The lowest BCUT2D eigenvalue weighted by molar-refractivity contribution is 0.262. The van der Waals surface area contributed by atoms with Gasteiger partial charge in [0, 0.05) is 6.54 Å². The van der Waals surface area contributed by atoms with Crippen molar-refractivity contribution >= 4 is 34.1 Å². The van der Waals surface area contributed by atoms with Gasteiger partial charge in [-0.15, -0.1) is 0 Å². The normalized spacial score (nSPS) is 11.0. The molecule has 7 N–H and O–H groups in total. The predicted octanol–water partition coefficient (Wildman–Crippen LogP) is 4.33. The first-order valence-corrected chi connectivity index (χ1v) is 9.16. The maximum atomic E-state index is 14.7. The van der Waals surface area contributed by atoms with Crippen molar-refractivity contribution in [3.05, 3.63) is 71.5 Å². The van der Waals surface area contributed by atoms with Crippen molar-refractivity contribution in [1.82, 2.24) is 10.2 Å². The summed E-state index contributed by atoms with van der Waals surface area (Å²) in [6.45, 7) is 0.171. The Morgan fingerprint density at radius 3 is 2.42 bits per heavy atom. The highest BCUT2D eigenvalue weighted by molar-refractivity contribution is 6.03. The smallest absolute Gasteiger partial charge is 0.323 e. The lowest BCUT2D eigenvalue weighted by Gasteiger charge is -2.11. The first kappa shape index (κ1) is 20.2. The minimum absolute atomic E-state index is 0.0771. The van der Waals surface area contributed by atoms with Crippen LogP contribution in [-0.4, -0.2) is 16.2 Å². The van der Waals surface area contributed by atoms with Crippen molar-refractivity contribution in [3.8, 4) is 11.1 Å². The molecule has 0 aliphatic rings. The number of hydrogen-bond acceptors (Lipinski definition) is 4. The number of carbonyl (C=O) groups excluding carboxylic acids is 1. The van der Waals surface area contributed by atoms with Crippen LogP contribution in [0.15, 0.2) is 48.5 Å². The van der Waals surface area contributed by atoms with Gasteiger partial charge in [-0.2, -0.15) is 5.10 Å². The molecule has 3 aromatic carbocycles. The Labute approximate surface area is 174 Å². The molecule has 2 amide bonds. The summed E-state index contributed by atoms with van der Waals surface area (Å²) in [7, 11) is 0. The van der Waals surface area contributed by atoms with E-state index < -0.39 is 23.5 Å². The average Bonchev–Trinajstić information content (AvgIpc) is 3.14. The summed E-state index contributed by atoms with van der Waals surface area (Å²) in [5.41, 5.74) is 12.7. The Hall–Kier alpha value is -4.05. The van der Waals surface area contributed by atoms with E-state index in [1.54, 1.807) is 0 Å². The van der Waals surface area contributed by atoms with Crippen LogP contribution in [-0.2, 0) is 6.54 Å². The second-order valence-corrected chi connectivity index (χ2v) is 6.75. The molecule has 0 fully saturated rings. The molecule has 158 valence electrons. The van der Waals surface area contributed by atoms with Crippen LogP contribution in [0.3, 0.4) is 0 Å². The number of amides is 2. The number of carbonyl (C=O) groups is 1. The molecule has 0 unspecified atom stereocenters. The lowest BCUT2D eigenvalue weighted by atomic mass is 10.0. The molecule has 10 heteroatoms. The summed E-state index contributed by atoms with van der Waals surface area (Å²) in [6, 6.07) is 9.96. The van der Waals surface area contributed by atoms with Gasteiger partial charge in [0.25, 0.3) is 0 Å². The molecule has 7 nitrogen and oxygen atoms in total. The standard InChI is InChI=1S/C21H17F3N6O/c22-13-4-1-10(9-25)7-17(13)28-21(31)27-16-6-2-11(8-15(16)24)12-3-5-14(23)19-18(12)20(26)30-29-19/h1-8H,9,25H2,(H3,26,29,30)(H2,27,28,31). The molecular formula is C21H17F3N6O. The topological polar surface area (TPSA) is 122 Å². The van der Waals surface area contributed by atoms with Crippen molar-refractivity contribution < 1.29 is 18.0 Å². The summed E-state index contributed by atoms with van der Waals surface area (Å²) in [5.74, 6) is -1.86. The molecular weight excluding hydrogens is 409 g/mol. The maximum absolute atomic E-state index is 14.7. The highest BCUT2D eigenvalue weighted by Gasteiger charge is 2.16. The fourth-order valence-electron chi connectivity index (χ4n) is 3.22. The van der Waals surface area contributed by atoms with Gasteiger partial charge in [0.05, 0.1) is 16.8 Å². The number of aromatic amines is 1. The number of nitrogen functional groups attached to an aromatic ring is 1. The van der Waals surface area contributed by atoms with Crippen molar-refractivity contribution in [3.63, 3.8) is 0 Å². The van der Waals surface area contributed by atoms with E-state index in [-0.39, 0.29) is 29.3 Å². The SMILES string of the molecule is NCc1ccc(F)c(NC(=O)Nc2ccc(-c3ccc(F)c4[nH]nc(N)c34)cc2F)c1. The van der Waals surface area contributed by atoms with Crippen LogP contribution in [0.4, 0.5) is 35.2 Å². The third-order valence-electron chi connectivity index (χ3n) is 4.74. The minimum Gasteiger partial charge on any atom is -0.382 e. The van der Waals surface area contributed by atoms with Crippen LogP contribution < -0.4 is 22.1 Å². The molecule has 0 atom stereocenters. The maximum Gasteiger partial charge on any atom is 0.323 e. The van der Waals surface area contributed by atoms with Crippen LogP contribution in [0.25, 0.3) is 22.0 Å². The first-order chi connectivity index (χ1) is 14.9. The van der Waals surface area contributed by atoms with E-state index in [0.717, 1.165) is 0 Å². The Morgan fingerprint density at radius 2 is 1.68 bits per heavy atom. The Kier molecular flexibility index (Phi) is 5.22. The third kappa shape index (κ3) is 3.88. The van der Waals surface area contributed by atoms with E-state index in [1.165, 1.54) is 48.5 Å². The Morgan fingerprint density at radius 1 is 0.935 bits per heavy atom. The van der Waals surface area contributed by atoms with Crippen molar-refractivity contribution in [1.29, 1.82) is 0 Å². The van der Waals surface area contributed by atoms with Gasteiger partial charge in [0.1, 0.15) is 23.0 Å². The van der Waals surface area contributed by atoms with Crippen LogP contribution in [0.2, 0.25) is 0 Å². The van der Waals surface area contributed by atoms with Gasteiger partial charge in [-0.1, -0.05) is 18.2 Å². The van der Waals surface area contributed by atoms with Gasteiger partial charge < -0.3 is 22.1 Å².